The van der Waals surface area contributed by atoms with Gasteiger partial charge in [-0.1, -0.05) is 12.1 Å². The summed E-state index contributed by atoms with van der Waals surface area (Å²) in [7, 11) is 0. The van der Waals surface area contributed by atoms with Crippen LogP contribution in [0.5, 0.6) is 5.75 Å². The summed E-state index contributed by atoms with van der Waals surface area (Å²) < 4.78 is 0. The molecule has 1 unspecified atom stereocenters. The van der Waals surface area contributed by atoms with Crippen LogP contribution in [-0.2, 0) is 11.2 Å². The molecule has 1 amide bonds. The number of carbonyl (C=O) groups excluding carboxylic acids is 1. The number of phenols is 1. The predicted octanol–water partition coefficient (Wildman–Crippen LogP) is 1.31. The highest BCUT2D eigenvalue weighted by atomic mass is 16.3. The zero-order valence-corrected chi connectivity index (χ0v) is 10.4. The van der Waals surface area contributed by atoms with Gasteiger partial charge in [-0.3, -0.25) is 4.79 Å². The molecule has 0 spiro atoms. The maximum Gasteiger partial charge on any atom is 0.227 e. The molecule has 4 nitrogen and oxygen atoms in total. The molecule has 1 aliphatic rings. The molecule has 0 saturated carbocycles. The highest BCUT2D eigenvalue weighted by molar-refractivity contribution is 5.79. The topological polar surface area (TPSA) is 60.8 Å². The molecule has 1 atom stereocenters. The van der Waals surface area contributed by atoms with E-state index in [1.807, 2.05) is 4.90 Å². The van der Waals surface area contributed by atoms with Crippen LogP contribution in [0.2, 0.25) is 0 Å². The number of hydrogen-bond donors (Lipinski definition) is 2. The number of phenolic OH excluding ortho intramolecular Hbond substituents is 1. The average molecular weight is 249 g/mol. The van der Waals surface area contributed by atoms with Gasteiger partial charge in [0, 0.05) is 19.2 Å². The van der Waals surface area contributed by atoms with Gasteiger partial charge in [0.2, 0.25) is 5.91 Å². The number of aromatic hydroxyl groups is 1. The van der Waals surface area contributed by atoms with Gasteiger partial charge in [-0.15, -0.1) is 0 Å². The third kappa shape index (κ3) is 3.01. The van der Waals surface area contributed by atoms with E-state index in [2.05, 4.69) is 0 Å². The Bertz CT molecular complexity index is 402. The molecule has 98 valence electrons. The smallest absolute Gasteiger partial charge is 0.227 e. The zero-order valence-electron chi connectivity index (χ0n) is 10.4. The Balaban J connectivity index is 1.96. The van der Waals surface area contributed by atoms with Gasteiger partial charge < -0.3 is 15.1 Å². The van der Waals surface area contributed by atoms with Crippen molar-refractivity contribution in [3.8, 4) is 5.75 Å². The van der Waals surface area contributed by atoms with Crippen molar-refractivity contribution in [1.82, 2.24) is 4.90 Å². The molecule has 18 heavy (non-hydrogen) atoms. The van der Waals surface area contributed by atoms with E-state index in [9.17, 15) is 9.90 Å². The summed E-state index contributed by atoms with van der Waals surface area (Å²) in [5.74, 6) is 0.321. The van der Waals surface area contributed by atoms with E-state index >= 15 is 0 Å². The molecule has 0 radical (unpaired) electrons. The van der Waals surface area contributed by atoms with Crippen molar-refractivity contribution in [2.24, 2.45) is 0 Å². The first-order valence-corrected chi connectivity index (χ1v) is 6.39. The molecule has 1 fully saturated rings. The number of aliphatic hydroxyl groups is 1. The molecule has 2 N–H and O–H groups in total. The first-order valence-electron chi connectivity index (χ1n) is 6.39. The maximum absolute atomic E-state index is 12.2. The second kappa shape index (κ2) is 5.87. The Morgan fingerprint density at radius 1 is 1.33 bits per heavy atom. The number of amides is 1. The van der Waals surface area contributed by atoms with Crippen LogP contribution in [0, 0.1) is 0 Å². The van der Waals surface area contributed by atoms with Gasteiger partial charge in [-0.05, 0) is 37.0 Å². The van der Waals surface area contributed by atoms with Crippen molar-refractivity contribution in [1.29, 1.82) is 0 Å². The maximum atomic E-state index is 12.2. The number of benzene rings is 1. The van der Waals surface area contributed by atoms with Crippen molar-refractivity contribution >= 4 is 5.91 Å². The summed E-state index contributed by atoms with van der Waals surface area (Å²) in [5, 5.41) is 18.2. The van der Waals surface area contributed by atoms with Crippen LogP contribution >= 0.6 is 0 Å². The van der Waals surface area contributed by atoms with E-state index in [0.717, 1.165) is 24.9 Å². The SMILES string of the molecule is O=C(Cc1ccc(O)cc1)N1CCCC1CCO. The first-order chi connectivity index (χ1) is 8.70. The van der Waals surface area contributed by atoms with E-state index in [4.69, 9.17) is 5.11 Å². The fraction of sp³-hybridized carbons (Fsp3) is 0.500. The number of hydrogen-bond acceptors (Lipinski definition) is 3. The summed E-state index contributed by atoms with van der Waals surface area (Å²) in [6, 6.07) is 6.92. The lowest BCUT2D eigenvalue weighted by molar-refractivity contribution is -0.131. The molecule has 4 heteroatoms. The normalized spacial score (nSPS) is 19.2. The van der Waals surface area contributed by atoms with E-state index in [1.54, 1.807) is 24.3 Å². The minimum Gasteiger partial charge on any atom is -0.508 e. The molecule has 1 aromatic carbocycles. The molecule has 1 aliphatic heterocycles. The summed E-state index contributed by atoms with van der Waals surface area (Å²) in [4.78, 5) is 14.0. The molecule has 0 bridgehead atoms. The predicted molar refractivity (Wildman–Crippen MR) is 68.2 cm³/mol. The number of aliphatic hydroxyl groups excluding tert-OH is 1. The molecular weight excluding hydrogens is 230 g/mol. The van der Waals surface area contributed by atoms with E-state index < -0.39 is 0 Å². The number of likely N-dealkylation sites (tertiary alicyclic amines) is 1. The molecule has 2 rings (SSSR count). The Labute approximate surface area is 107 Å². The van der Waals surface area contributed by atoms with Crippen LogP contribution in [0.3, 0.4) is 0 Å². The Morgan fingerprint density at radius 3 is 2.72 bits per heavy atom. The lowest BCUT2D eigenvalue weighted by atomic mass is 10.1. The van der Waals surface area contributed by atoms with Gasteiger partial charge >= 0.3 is 0 Å². The second-order valence-electron chi connectivity index (χ2n) is 4.74. The lowest BCUT2D eigenvalue weighted by Crippen LogP contribution is -2.37. The third-order valence-electron chi connectivity index (χ3n) is 3.45. The van der Waals surface area contributed by atoms with Crippen LogP contribution in [0.1, 0.15) is 24.8 Å². The quantitative estimate of drug-likeness (QED) is 0.845. The number of rotatable bonds is 4. The summed E-state index contributed by atoms with van der Waals surface area (Å²) in [6.45, 7) is 0.926. The largest absolute Gasteiger partial charge is 0.508 e. The Morgan fingerprint density at radius 2 is 2.06 bits per heavy atom. The van der Waals surface area contributed by atoms with Crippen molar-refractivity contribution in [2.45, 2.75) is 31.7 Å². The number of carbonyl (C=O) groups is 1. The summed E-state index contributed by atoms with van der Waals surface area (Å²) in [6.07, 6.45) is 3.04. The van der Waals surface area contributed by atoms with Crippen LogP contribution < -0.4 is 0 Å². The average Bonchev–Trinajstić information content (AvgIpc) is 2.81. The molecular formula is C14H19NO3. The van der Waals surface area contributed by atoms with Gasteiger partial charge in [-0.2, -0.15) is 0 Å². The monoisotopic (exact) mass is 249 g/mol. The Kier molecular flexibility index (Phi) is 4.20. The van der Waals surface area contributed by atoms with Crippen molar-refractivity contribution in [3.63, 3.8) is 0 Å². The molecule has 1 heterocycles. The Hall–Kier alpha value is -1.55. The van der Waals surface area contributed by atoms with Gasteiger partial charge in [0.1, 0.15) is 5.75 Å². The van der Waals surface area contributed by atoms with Crippen LogP contribution in [0.25, 0.3) is 0 Å². The van der Waals surface area contributed by atoms with Gasteiger partial charge in [0.05, 0.1) is 6.42 Å². The number of nitrogens with zero attached hydrogens (tertiary/aromatic N) is 1. The fourth-order valence-corrected chi connectivity index (χ4v) is 2.50. The third-order valence-corrected chi connectivity index (χ3v) is 3.45. The summed E-state index contributed by atoms with van der Waals surface area (Å²) >= 11 is 0. The lowest BCUT2D eigenvalue weighted by Gasteiger charge is -2.24. The highest BCUT2D eigenvalue weighted by Crippen LogP contribution is 2.21. The van der Waals surface area contributed by atoms with Crippen LogP contribution in [0.4, 0.5) is 0 Å². The van der Waals surface area contributed by atoms with E-state index in [1.165, 1.54) is 0 Å². The highest BCUT2D eigenvalue weighted by Gasteiger charge is 2.27. The standard InChI is InChI=1S/C14H19NO3/c16-9-7-12-2-1-8-15(12)14(18)10-11-3-5-13(17)6-4-11/h3-6,12,16-17H,1-2,7-10H2. The van der Waals surface area contributed by atoms with Crippen LogP contribution in [-0.4, -0.2) is 40.2 Å². The van der Waals surface area contributed by atoms with E-state index in [-0.39, 0.29) is 24.3 Å². The second-order valence-corrected chi connectivity index (χ2v) is 4.74. The van der Waals surface area contributed by atoms with Gasteiger partial charge in [0.15, 0.2) is 0 Å². The summed E-state index contributed by atoms with van der Waals surface area (Å²) in [5.41, 5.74) is 0.910. The van der Waals surface area contributed by atoms with Gasteiger partial charge in [-0.25, -0.2) is 0 Å². The zero-order chi connectivity index (χ0) is 13.0. The molecule has 0 aliphatic carbocycles. The first kappa shape index (κ1) is 12.9. The van der Waals surface area contributed by atoms with Crippen molar-refractivity contribution in [2.75, 3.05) is 13.2 Å². The minimum atomic E-state index is 0.108. The van der Waals surface area contributed by atoms with Gasteiger partial charge in [0.25, 0.3) is 0 Å². The minimum absolute atomic E-state index is 0.108. The molecule has 1 saturated heterocycles. The van der Waals surface area contributed by atoms with E-state index in [0.29, 0.717) is 12.8 Å². The molecule has 1 aromatic rings. The van der Waals surface area contributed by atoms with Crippen LogP contribution in [0.15, 0.2) is 24.3 Å². The fourth-order valence-electron chi connectivity index (χ4n) is 2.50. The van der Waals surface area contributed by atoms with Crippen molar-refractivity contribution in [3.05, 3.63) is 29.8 Å². The van der Waals surface area contributed by atoms with Crippen molar-refractivity contribution < 1.29 is 15.0 Å². The molecule has 0 aromatic heterocycles.